The van der Waals surface area contributed by atoms with Crippen molar-refractivity contribution in [2.75, 3.05) is 11.1 Å². The molecule has 1 saturated carbocycles. The number of hydrogen-bond donors (Lipinski definition) is 1. The van der Waals surface area contributed by atoms with Crippen LogP contribution in [-0.2, 0) is 9.84 Å². The van der Waals surface area contributed by atoms with Crippen molar-refractivity contribution >= 4 is 15.5 Å². The second-order valence-electron chi connectivity index (χ2n) is 4.78. The number of rotatable bonds is 5. The van der Waals surface area contributed by atoms with Crippen LogP contribution >= 0.6 is 0 Å². The first-order valence-corrected chi connectivity index (χ1v) is 7.78. The Kier molecular flexibility index (Phi) is 3.43. The lowest BCUT2D eigenvalue weighted by Crippen LogP contribution is -2.12. The van der Waals surface area contributed by atoms with E-state index in [1.807, 2.05) is 19.1 Å². The minimum Gasteiger partial charge on any atom is -0.381 e. The Morgan fingerprint density at radius 3 is 2.59 bits per heavy atom. The second kappa shape index (κ2) is 4.69. The number of nitrogens with one attached hydrogen (secondary N) is 1. The van der Waals surface area contributed by atoms with E-state index < -0.39 is 9.84 Å². The third kappa shape index (κ3) is 2.80. The molecule has 1 aromatic rings. The minimum absolute atomic E-state index is 0.214. The van der Waals surface area contributed by atoms with E-state index in [0.717, 1.165) is 12.1 Å². The highest BCUT2D eigenvalue weighted by atomic mass is 32.2. The largest absolute Gasteiger partial charge is 0.381 e. The van der Waals surface area contributed by atoms with E-state index in [1.54, 1.807) is 12.1 Å². The fourth-order valence-electron chi connectivity index (χ4n) is 1.96. The Morgan fingerprint density at radius 2 is 2.00 bits per heavy atom. The van der Waals surface area contributed by atoms with Gasteiger partial charge in [-0.3, -0.25) is 0 Å². The minimum atomic E-state index is -3.14. The van der Waals surface area contributed by atoms with Gasteiger partial charge in [0.05, 0.1) is 16.3 Å². The molecule has 0 saturated heterocycles. The normalized spacial score (nSPS) is 23.4. The van der Waals surface area contributed by atoms with Gasteiger partial charge in [-0.2, -0.15) is 0 Å². The summed E-state index contributed by atoms with van der Waals surface area (Å²) in [7, 11) is -3.14. The van der Waals surface area contributed by atoms with Crippen LogP contribution in [-0.4, -0.2) is 20.2 Å². The molecule has 17 heavy (non-hydrogen) atoms. The number of hydrogen-bond acceptors (Lipinski definition) is 3. The molecule has 3 nitrogen and oxygen atoms in total. The highest BCUT2D eigenvalue weighted by Gasteiger charge is 2.33. The molecule has 94 valence electrons. The van der Waals surface area contributed by atoms with Crippen LogP contribution in [0.3, 0.4) is 0 Å². The predicted molar refractivity (Wildman–Crippen MR) is 70.0 cm³/mol. The van der Waals surface area contributed by atoms with Crippen molar-refractivity contribution < 1.29 is 8.42 Å². The van der Waals surface area contributed by atoms with E-state index in [4.69, 9.17) is 0 Å². The molecule has 0 aliphatic heterocycles. The van der Waals surface area contributed by atoms with Crippen LogP contribution in [0.25, 0.3) is 0 Å². The van der Waals surface area contributed by atoms with Crippen LogP contribution in [0, 0.1) is 5.92 Å². The molecule has 1 aliphatic carbocycles. The van der Waals surface area contributed by atoms with Crippen molar-refractivity contribution in [1.29, 1.82) is 0 Å². The molecule has 4 heteroatoms. The van der Waals surface area contributed by atoms with Crippen LogP contribution in [0.1, 0.15) is 26.7 Å². The lowest BCUT2D eigenvalue weighted by Gasteiger charge is -2.11. The van der Waals surface area contributed by atoms with E-state index in [9.17, 15) is 8.42 Å². The van der Waals surface area contributed by atoms with Crippen molar-refractivity contribution in [2.24, 2.45) is 5.92 Å². The van der Waals surface area contributed by atoms with Gasteiger partial charge in [0.1, 0.15) is 0 Å². The van der Waals surface area contributed by atoms with Crippen molar-refractivity contribution in [2.45, 2.75) is 37.6 Å². The number of sulfone groups is 1. The summed E-state index contributed by atoms with van der Waals surface area (Å²) in [6.07, 6.45) is 1.78. The maximum Gasteiger partial charge on any atom is 0.180 e. The Balaban J connectivity index is 2.27. The molecule has 0 bridgehead atoms. The van der Waals surface area contributed by atoms with Crippen LogP contribution in [0.4, 0.5) is 5.69 Å². The third-order valence-corrected chi connectivity index (χ3v) is 5.12. The molecule has 1 N–H and O–H groups in total. The Hall–Kier alpha value is -1.03. The molecule has 0 spiro atoms. The fourth-order valence-corrected chi connectivity index (χ4v) is 3.46. The summed E-state index contributed by atoms with van der Waals surface area (Å²) >= 11 is 0. The lowest BCUT2D eigenvalue weighted by molar-refractivity contribution is 0.595. The molecule has 0 aromatic heterocycles. The molecule has 0 radical (unpaired) electrons. The zero-order chi connectivity index (χ0) is 12.5. The average molecular weight is 253 g/mol. The fraction of sp³-hybridized carbons (Fsp3) is 0.538. The van der Waals surface area contributed by atoms with Crippen LogP contribution in [0.15, 0.2) is 29.2 Å². The summed E-state index contributed by atoms with van der Waals surface area (Å²) in [4.78, 5) is 0.445. The first-order chi connectivity index (χ1) is 8.04. The molecule has 2 rings (SSSR count). The van der Waals surface area contributed by atoms with Gasteiger partial charge in [0.15, 0.2) is 9.84 Å². The lowest BCUT2D eigenvalue weighted by atomic mass is 10.3. The van der Waals surface area contributed by atoms with Crippen molar-refractivity contribution in [3.05, 3.63) is 24.3 Å². The topological polar surface area (TPSA) is 46.2 Å². The Morgan fingerprint density at radius 1 is 1.35 bits per heavy atom. The number of para-hydroxylation sites is 1. The maximum atomic E-state index is 12.1. The van der Waals surface area contributed by atoms with E-state index >= 15 is 0 Å². The van der Waals surface area contributed by atoms with Gasteiger partial charge in [0, 0.05) is 6.04 Å². The summed E-state index contributed by atoms with van der Waals surface area (Å²) in [6, 6.07) is 7.64. The highest BCUT2D eigenvalue weighted by molar-refractivity contribution is 7.91. The smallest absolute Gasteiger partial charge is 0.180 e. The predicted octanol–water partition coefficient (Wildman–Crippen LogP) is 2.69. The van der Waals surface area contributed by atoms with Crippen molar-refractivity contribution in [3.8, 4) is 0 Å². The molecular weight excluding hydrogens is 234 g/mol. The van der Waals surface area contributed by atoms with Gasteiger partial charge in [-0.25, -0.2) is 8.42 Å². The van der Waals surface area contributed by atoms with Gasteiger partial charge in [-0.15, -0.1) is 0 Å². The SMILES string of the molecule is CCCS(=O)(=O)c1ccccc1NC1CC1C. The first-order valence-electron chi connectivity index (χ1n) is 6.13. The summed E-state index contributed by atoms with van der Waals surface area (Å²) in [5, 5.41) is 3.32. The number of benzene rings is 1. The summed E-state index contributed by atoms with van der Waals surface area (Å²) < 4.78 is 24.2. The molecular formula is C13H19NO2S. The second-order valence-corrected chi connectivity index (χ2v) is 6.86. The average Bonchev–Trinajstić information content (AvgIpc) is 2.95. The Bertz CT molecular complexity index is 496. The van der Waals surface area contributed by atoms with Crippen LogP contribution in [0.2, 0.25) is 0 Å². The standard InChI is InChI=1S/C13H19NO2S/c1-3-8-17(15,16)13-7-5-4-6-11(13)14-12-9-10(12)2/h4-7,10,12,14H,3,8-9H2,1-2H3. The van der Waals surface area contributed by atoms with E-state index in [2.05, 4.69) is 12.2 Å². The van der Waals surface area contributed by atoms with Gasteiger partial charge in [0.2, 0.25) is 0 Å². The maximum absolute atomic E-state index is 12.1. The molecule has 0 heterocycles. The molecule has 2 atom stereocenters. The molecule has 1 aromatic carbocycles. The highest BCUT2D eigenvalue weighted by Crippen LogP contribution is 2.34. The Labute approximate surface area is 103 Å². The van der Waals surface area contributed by atoms with Gasteiger partial charge in [-0.05, 0) is 30.9 Å². The zero-order valence-corrected chi connectivity index (χ0v) is 11.1. The molecule has 2 unspecified atom stereocenters. The summed E-state index contributed by atoms with van der Waals surface area (Å²) in [5.74, 6) is 0.864. The number of anilines is 1. The molecule has 0 amide bonds. The van der Waals surface area contributed by atoms with Gasteiger partial charge in [0.25, 0.3) is 0 Å². The van der Waals surface area contributed by atoms with Gasteiger partial charge >= 0.3 is 0 Å². The van der Waals surface area contributed by atoms with E-state index in [-0.39, 0.29) is 5.75 Å². The quantitative estimate of drug-likeness (QED) is 0.877. The molecule has 1 fully saturated rings. The van der Waals surface area contributed by atoms with Crippen LogP contribution < -0.4 is 5.32 Å². The molecule has 1 aliphatic rings. The monoisotopic (exact) mass is 253 g/mol. The van der Waals surface area contributed by atoms with E-state index in [1.165, 1.54) is 0 Å². The van der Waals surface area contributed by atoms with Gasteiger partial charge in [-0.1, -0.05) is 26.0 Å². The van der Waals surface area contributed by atoms with Gasteiger partial charge < -0.3 is 5.32 Å². The van der Waals surface area contributed by atoms with E-state index in [0.29, 0.717) is 23.3 Å². The van der Waals surface area contributed by atoms with Crippen molar-refractivity contribution in [3.63, 3.8) is 0 Å². The summed E-state index contributed by atoms with van der Waals surface area (Å²) in [6.45, 7) is 4.05. The zero-order valence-electron chi connectivity index (χ0n) is 10.3. The van der Waals surface area contributed by atoms with Crippen molar-refractivity contribution in [1.82, 2.24) is 0 Å². The van der Waals surface area contributed by atoms with Crippen LogP contribution in [0.5, 0.6) is 0 Å². The summed E-state index contributed by atoms with van der Waals surface area (Å²) in [5.41, 5.74) is 0.760. The third-order valence-electron chi connectivity index (χ3n) is 3.15. The first kappa shape index (κ1) is 12.4.